The van der Waals surface area contributed by atoms with Gasteiger partial charge >= 0.3 is 0 Å². The number of hydrogen-bond donors (Lipinski definition) is 2. The average Bonchev–Trinajstić information content (AvgIpc) is 2.49. The van der Waals surface area contributed by atoms with Crippen molar-refractivity contribution < 1.29 is 14.6 Å². The largest absolute Gasteiger partial charge is 0.380 e. The molecule has 0 saturated heterocycles. The van der Waals surface area contributed by atoms with Crippen molar-refractivity contribution in [1.82, 2.24) is 4.98 Å². The summed E-state index contributed by atoms with van der Waals surface area (Å²) >= 11 is 0. The second-order valence-corrected chi connectivity index (χ2v) is 4.69. The molecule has 2 rings (SSSR count). The van der Waals surface area contributed by atoms with Crippen molar-refractivity contribution in [3.8, 4) is 0 Å². The summed E-state index contributed by atoms with van der Waals surface area (Å²) in [6, 6.07) is 10.9. The van der Waals surface area contributed by atoms with Crippen LogP contribution in [0.2, 0.25) is 0 Å². The van der Waals surface area contributed by atoms with Crippen molar-refractivity contribution in [3.63, 3.8) is 0 Å². The average molecular weight is 286 g/mol. The maximum atomic E-state index is 12.2. The molecule has 1 amide bonds. The topological polar surface area (TPSA) is 71.5 Å². The highest BCUT2D eigenvalue weighted by atomic mass is 16.5. The number of benzene rings is 1. The minimum Gasteiger partial charge on any atom is -0.380 e. The number of carbonyl (C=O) groups is 1. The number of hydrogen-bond acceptors (Lipinski definition) is 4. The Morgan fingerprint density at radius 1 is 1.33 bits per heavy atom. The number of aliphatic hydroxyl groups is 1. The van der Waals surface area contributed by atoms with Crippen molar-refractivity contribution in [1.29, 1.82) is 0 Å². The van der Waals surface area contributed by atoms with E-state index in [4.69, 9.17) is 4.74 Å². The molecule has 0 aliphatic heterocycles. The minimum absolute atomic E-state index is 0.360. The Kier molecular flexibility index (Phi) is 5.03. The molecule has 5 heteroatoms. The highest BCUT2D eigenvalue weighted by Crippen LogP contribution is 2.20. The summed E-state index contributed by atoms with van der Waals surface area (Å²) in [6.45, 7) is 2.19. The number of ether oxygens (including phenoxy) is 1. The molecule has 0 spiro atoms. The highest BCUT2D eigenvalue weighted by Gasteiger charge is 2.21. The first-order chi connectivity index (χ1) is 10.1. The summed E-state index contributed by atoms with van der Waals surface area (Å²) in [5.41, 5.74) is 2.60. The number of rotatable bonds is 5. The first-order valence-electron chi connectivity index (χ1n) is 6.60. The van der Waals surface area contributed by atoms with Crippen LogP contribution in [0.4, 0.5) is 5.69 Å². The minimum atomic E-state index is -1.30. The quantitative estimate of drug-likeness (QED) is 0.884. The van der Waals surface area contributed by atoms with Gasteiger partial charge in [0.05, 0.1) is 12.3 Å². The van der Waals surface area contributed by atoms with E-state index in [-0.39, 0.29) is 0 Å². The Morgan fingerprint density at radius 3 is 2.81 bits per heavy atom. The van der Waals surface area contributed by atoms with Gasteiger partial charge in [0.25, 0.3) is 5.91 Å². The number of anilines is 1. The van der Waals surface area contributed by atoms with Crippen LogP contribution in [0.3, 0.4) is 0 Å². The van der Waals surface area contributed by atoms with Crippen LogP contribution in [0, 0.1) is 6.92 Å². The molecule has 0 bridgehead atoms. The zero-order valence-electron chi connectivity index (χ0n) is 12.0. The highest BCUT2D eigenvalue weighted by molar-refractivity contribution is 5.95. The summed E-state index contributed by atoms with van der Waals surface area (Å²) in [4.78, 5) is 16.2. The van der Waals surface area contributed by atoms with E-state index >= 15 is 0 Å². The second-order valence-electron chi connectivity index (χ2n) is 4.69. The van der Waals surface area contributed by atoms with Crippen molar-refractivity contribution >= 4 is 11.6 Å². The molecule has 0 aliphatic carbocycles. The lowest BCUT2D eigenvalue weighted by atomic mass is 10.1. The normalized spacial score (nSPS) is 12.0. The van der Waals surface area contributed by atoms with Crippen LogP contribution < -0.4 is 5.32 Å². The molecule has 1 unspecified atom stereocenters. The van der Waals surface area contributed by atoms with Gasteiger partial charge in [0.2, 0.25) is 0 Å². The van der Waals surface area contributed by atoms with Crippen LogP contribution in [0.5, 0.6) is 0 Å². The van der Waals surface area contributed by atoms with E-state index in [2.05, 4.69) is 10.3 Å². The van der Waals surface area contributed by atoms with Gasteiger partial charge in [-0.3, -0.25) is 9.78 Å². The van der Waals surface area contributed by atoms with E-state index in [0.29, 0.717) is 18.0 Å². The number of aliphatic hydroxyl groups excluding tert-OH is 1. The zero-order valence-corrected chi connectivity index (χ0v) is 12.0. The number of nitrogens with zero attached hydrogens (tertiary/aromatic N) is 1. The van der Waals surface area contributed by atoms with Gasteiger partial charge in [0, 0.05) is 24.6 Å². The fourth-order valence-corrected chi connectivity index (χ4v) is 2.03. The number of aromatic nitrogens is 1. The van der Waals surface area contributed by atoms with Gasteiger partial charge < -0.3 is 15.2 Å². The van der Waals surface area contributed by atoms with Crippen LogP contribution in [0.25, 0.3) is 0 Å². The molecule has 110 valence electrons. The van der Waals surface area contributed by atoms with Crippen molar-refractivity contribution in [2.75, 3.05) is 12.4 Å². The molecule has 0 saturated carbocycles. The van der Waals surface area contributed by atoms with Crippen LogP contribution in [0.1, 0.15) is 22.9 Å². The lowest BCUT2D eigenvalue weighted by Gasteiger charge is -2.15. The molecule has 2 aromatic rings. The Labute approximate surface area is 123 Å². The van der Waals surface area contributed by atoms with Gasteiger partial charge in [0.1, 0.15) is 0 Å². The van der Waals surface area contributed by atoms with Crippen molar-refractivity contribution in [2.45, 2.75) is 19.6 Å². The lowest BCUT2D eigenvalue weighted by molar-refractivity contribution is -0.124. The smallest absolute Gasteiger partial charge is 0.259 e. The van der Waals surface area contributed by atoms with Gasteiger partial charge in [-0.05, 0) is 24.6 Å². The van der Waals surface area contributed by atoms with Crippen molar-refractivity contribution in [2.24, 2.45) is 0 Å². The Bertz CT molecular complexity index is 628. The van der Waals surface area contributed by atoms with Gasteiger partial charge in [-0.15, -0.1) is 0 Å². The van der Waals surface area contributed by atoms with Gasteiger partial charge in [-0.25, -0.2) is 0 Å². The third-order valence-electron chi connectivity index (χ3n) is 3.13. The Balaban J connectivity index is 2.17. The predicted molar refractivity (Wildman–Crippen MR) is 79.7 cm³/mol. The molecule has 1 atom stereocenters. The van der Waals surface area contributed by atoms with E-state index in [1.165, 1.54) is 0 Å². The molecular weight excluding hydrogens is 268 g/mol. The summed E-state index contributed by atoms with van der Waals surface area (Å²) in [5.74, 6) is -0.514. The molecule has 1 heterocycles. The third kappa shape index (κ3) is 3.65. The number of amides is 1. The number of carbonyl (C=O) groups excluding carboxylic acids is 1. The molecule has 1 aromatic carbocycles. The molecule has 1 aromatic heterocycles. The lowest BCUT2D eigenvalue weighted by Crippen LogP contribution is -2.23. The summed E-state index contributed by atoms with van der Waals surface area (Å²) in [5, 5.41) is 12.9. The van der Waals surface area contributed by atoms with E-state index in [9.17, 15) is 9.90 Å². The molecule has 0 radical (unpaired) electrons. The standard InChI is InChI=1S/C16H18N2O3/c1-11-6-5-9-17-14(11)15(19)16(20)18-13-8-4-3-7-12(13)10-21-2/h3-9,15,19H,10H2,1-2H3,(H,18,20). The van der Waals surface area contributed by atoms with Gasteiger partial charge in [-0.1, -0.05) is 24.3 Å². The predicted octanol–water partition coefficient (Wildman–Crippen LogP) is 2.21. The second kappa shape index (κ2) is 6.97. The maximum absolute atomic E-state index is 12.2. The molecule has 0 fully saturated rings. The van der Waals surface area contributed by atoms with Crippen LogP contribution in [0.15, 0.2) is 42.6 Å². The van der Waals surface area contributed by atoms with E-state index in [1.54, 1.807) is 38.4 Å². The number of pyridine rings is 1. The Morgan fingerprint density at radius 2 is 2.10 bits per heavy atom. The molecule has 5 nitrogen and oxygen atoms in total. The van der Waals surface area contributed by atoms with Gasteiger partial charge in [0.15, 0.2) is 6.10 Å². The maximum Gasteiger partial charge on any atom is 0.259 e. The van der Waals surface area contributed by atoms with Crippen LogP contribution >= 0.6 is 0 Å². The molecule has 2 N–H and O–H groups in total. The Hall–Kier alpha value is -2.24. The zero-order chi connectivity index (χ0) is 15.2. The summed E-state index contributed by atoms with van der Waals surface area (Å²) in [7, 11) is 1.59. The van der Waals surface area contributed by atoms with Crippen molar-refractivity contribution in [3.05, 3.63) is 59.4 Å². The SMILES string of the molecule is COCc1ccccc1NC(=O)C(O)c1ncccc1C. The van der Waals surface area contributed by atoms with Gasteiger partial charge in [-0.2, -0.15) is 0 Å². The monoisotopic (exact) mass is 286 g/mol. The fraction of sp³-hybridized carbons (Fsp3) is 0.250. The molecule has 0 aliphatic rings. The number of para-hydroxylation sites is 1. The summed E-state index contributed by atoms with van der Waals surface area (Å²) < 4.78 is 5.09. The number of methoxy groups -OCH3 is 1. The number of aryl methyl sites for hydroxylation is 1. The fourth-order valence-electron chi connectivity index (χ4n) is 2.03. The molecule has 21 heavy (non-hydrogen) atoms. The third-order valence-corrected chi connectivity index (χ3v) is 3.13. The van der Waals surface area contributed by atoms with E-state index in [1.807, 2.05) is 18.2 Å². The number of nitrogens with one attached hydrogen (secondary N) is 1. The van der Waals surface area contributed by atoms with Crippen LogP contribution in [-0.4, -0.2) is 23.1 Å². The first kappa shape index (κ1) is 15.2. The van der Waals surface area contributed by atoms with E-state index < -0.39 is 12.0 Å². The molecular formula is C16H18N2O3. The van der Waals surface area contributed by atoms with E-state index in [0.717, 1.165) is 11.1 Å². The van der Waals surface area contributed by atoms with Crippen LogP contribution in [-0.2, 0) is 16.1 Å². The summed E-state index contributed by atoms with van der Waals surface area (Å²) in [6.07, 6.45) is 0.249. The first-order valence-corrected chi connectivity index (χ1v) is 6.60.